The highest BCUT2D eigenvalue weighted by Crippen LogP contribution is 2.26. The summed E-state index contributed by atoms with van der Waals surface area (Å²) in [7, 11) is 0. The van der Waals surface area contributed by atoms with Gasteiger partial charge in [-0.2, -0.15) is 0 Å². The Balaban J connectivity index is 2.02. The molecular weight excluding hydrogens is 294 g/mol. The normalized spacial score (nSPS) is 10.4. The van der Waals surface area contributed by atoms with Crippen LogP contribution >= 0.6 is 11.6 Å². The summed E-state index contributed by atoms with van der Waals surface area (Å²) >= 11 is 5.67. The Morgan fingerprint density at radius 1 is 1.29 bits per heavy atom. The van der Waals surface area contributed by atoms with Gasteiger partial charge in [0.05, 0.1) is 19.5 Å². The molecule has 1 heterocycles. The van der Waals surface area contributed by atoms with Crippen molar-refractivity contribution in [1.29, 1.82) is 0 Å². The predicted molar refractivity (Wildman–Crippen MR) is 81.0 cm³/mol. The minimum Gasteiger partial charge on any atom is -0.490 e. The second-order valence-corrected chi connectivity index (χ2v) is 4.53. The van der Waals surface area contributed by atoms with Gasteiger partial charge in [0.1, 0.15) is 12.3 Å². The minimum absolute atomic E-state index is 0.0128. The molecule has 1 aromatic heterocycles. The number of halogens is 1. The number of aromatic nitrogens is 2. The van der Waals surface area contributed by atoms with Crippen LogP contribution in [-0.4, -0.2) is 22.8 Å². The van der Waals surface area contributed by atoms with Crippen LogP contribution < -0.4 is 20.8 Å². The van der Waals surface area contributed by atoms with Crippen molar-refractivity contribution in [2.75, 3.05) is 18.9 Å². The lowest BCUT2D eigenvalue weighted by molar-refractivity contribution is 0.265. The number of ether oxygens (including phenoxy) is 2. The highest BCUT2D eigenvalue weighted by Gasteiger charge is 2.07. The van der Waals surface area contributed by atoms with Crippen molar-refractivity contribution < 1.29 is 9.47 Å². The third kappa shape index (κ3) is 3.66. The molecule has 7 heteroatoms. The van der Waals surface area contributed by atoms with E-state index in [0.717, 1.165) is 0 Å². The van der Waals surface area contributed by atoms with Gasteiger partial charge in [0.25, 0.3) is 5.56 Å². The maximum Gasteiger partial charge on any atom is 0.278 e. The number of para-hydroxylation sites is 2. The second kappa shape index (κ2) is 6.99. The molecule has 0 aliphatic rings. The van der Waals surface area contributed by atoms with Crippen LogP contribution in [-0.2, 0) is 6.54 Å². The van der Waals surface area contributed by atoms with Crippen molar-refractivity contribution >= 4 is 17.3 Å². The summed E-state index contributed by atoms with van der Waals surface area (Å²) in [6.45, 7) is 3.05. The maximum absolute atomic E-state index is 11.8. The van der Waals surface area contributed by atoms with Crippen LogP contribution in [0.3, 0.4) is 0 Å². The van der Waals surface area contributed by atoms with Crippen LogP contribution in [0.15, 0.2) is 35.4 Å². The fraction of sp³-hybridized carbons (Fsp3) is 0.286. The molecule has 0 fully saturated rings. The first-order valence-electron chi connectivity index (χ1n) is 6.48. The lowest BCUT2D eigenvalue weighted by Crippen LogP contribution is -2.26. The molecule has 0 unspecified atom stereocenters. The van der Waals surface area contributed by atoms with Crippen LogP contribution in [0.25, 0.3) is 0 Å². The van der Waals surface area contributed by atoms with E-state index < -0.39 is 0 Å². The quantitative estimate of drug-likeness (QED) is 0.825. The third-order valence-electron chi connectivity index (χ3n) is 2.76. The van der Waals surface area contributed by atoms with Crippen molar-refractivity contribution in [2.45, 2.75) is 13.5 Å². The summed E-state index contributed by atoms with van der Waals surface area (Å²) in [6.07, 6.45) is 1.35. The fourth-order valence-electron chi connectivity index (χ4n) is 1.74. The second-order valence-electron chi connectivity index (χ2n) is 4.18. The van der Waals surface area contributed by atoms with Crippen molar-refractivity contribution in [3.8, 4) is 11.5 Å². The number of nitrogens with zero attached hydrogens (tertiary/aromatic N) is 2. The first kappa shape index (κ1) is 15.2. The molecule has 2 N–H and O–H groups in total. The number of hydrogen-bond acceptors (Lipinski definition) is 5. The monoisotopic (exact) mass is 309 g/mol. The number of benzene rings is 1. The number of hydrogen-bond donors (Lipinski definition) is 1. The largest absolute Gasteiger partial charge is 0.490 e. The predicted octanol–water partition coefficient (Wildman–Crippen LogP) is 1.96. The molecule has 0 amide bonds. The summed E-state index contributed by atoms with van der Waals surface area (Å²) in [6, 6.07) is 7.35. The number of rotatable bonds is 6. The number of anilines is 1. The van der Waals surface area contributed by atoms with E-state index >= 15 is 0 Å². The zero-order valence-corrected chi connectivity index (χ0v) is 12.3. The molecule has 0 spiro atoms. The Kier molecular flexibility index (Phi) is 5.05. The number of nitrogens with two attached hydrogens (primary N) is 1. The summed E-state index contributed by atoms with van der Waals surface area (Å²) in [5.74, 6) is 1.29. The van der Waals surface area contributed by atoms with Gasteiger partial charge in [0.15, 0.2) is 16.7 Å². The molecule has 0 bridgehead atoms. The molecule has 0 aliphatic carbocycles. The molecule has 1 aromatic carbocycles. The van der Waals surface area contributed by atoms with Gasteiger partial charge < -0.3 is 15.2 Å². The zero-order chi connectivity index (χ0) is 15.2. The Hall–Kier alpha value is -2.21. The van der Waals surface area contributed by atoms with Crippen LogP contribution in [0, 0.1) is 0 Å². The highest BCUT2D eigenvalue weighted by molar-refractivity contribution is 6.31. The van der Waals surface area contributed by atoms with Gasteiger partial charge in [0, 0.05) is 0 Å². The minimum atomic E-state index is -0.378. The van der Waals surface area contributed by atoms with Gasteiger partial charge in [-0.25, -0.2) is 4.98 Å². The molecule has 0 atom stereocenters. The van der Waals surface area contributed by atoms with Crippen molar-refractivity contribution in [3.05, 3.63) is 46.1 Å². The molecular formula is C14H16ClN3O3. The lowest BCUT2D eigenvalue weighted by atomic mass is 10.3. The molecule has 21 heavy (non-hydrogen) atoms. The Labute approximate surface area is 127 Å². The number of nitrogen functional groups attached to an aromatic ring is 1. The first-order valence-corrected chi connectivity index (χ1v) is 6.86. The fourth-order valence-corrected chi connectivity index (χ4v) is 1.87. The van der Waals surface area contributed by atoms with E-state index in [2.05, 4.69) is 4.98 Å². The molecule has 112 valence electrons. The van der Waals surface area contributed by atoms with Gasteiger partial charge in [-0.1, -0.05) is 23.7 Å². The van der Waals surface area contributed by atoms with Gasteiger partial charge in [0.2, 0.25) is 0 Å². The first-order chi connectivity index (χ1) is 10.1. The smallest absolute Gasteiger partial charge is 0.278 e. The van der Waals surface area contributed by atoms with Crippen LogP contribution in [0.2, 0.25) is 5.15 Å². The van der Waals surface area contributed by atoms with E-state index in [4.69, 9.17) is 26.8 Å². The molecule has 0 saturated heterocycles. The van der Waals surface area contributed by atoms with E-state index in [-0.39, 0.29) is 23.0 Å². The third-order valence-corrected chi connectivity index (χ3v) is 3.06. The topological polar surface area (TPSA) is 79.4 Å². The standard InChI is InChI=1S/C14H16ClN3O3/c1-2-20-10-5-3-4-6-11(10)21-8-7-18-9-17-13(15)12(16)14(18)19/h3-6,9H,2,7-8,16H2,1H3. The molecule has 0 radical (unpaired) electrons. The van der Waals surface area contributed by atoms with Gasteiger partial charge in [-0.3, -0.25) is 9.36 Å². The summed E-state index contributed by atoms with van der Waals surface area (Å²) < 4.78 is 12.4. The van der Waals surface area contributed by atoms with E-state index in [1.54, 1.807) is 0 Å². The zero-order valence-electron chi connectivity index (χ0n) is 11.6. The SMILES string of the molecule is CCOc1ccccc1OCCn1cnc(Cl)c(N)c1=O. The van der Waals surface area contributed by atoms with Crippen molar-refractivity contribution in [3.63, 3.8) is 0 Å². The summed E-state index contributed by atoms with van der Waals surface area (Å²) in [5, 5.41) is 0.0128. The summed E-state index contributed by atoms with van der Waals surface area (Å²) in [5.41, 5.74) is 5.10. The lowest BCUT2D eigenvalue weighted by Gasteiger charge is -2.12. The van der Waals surface area contributed by atoms with E-state index in [9.17, 15) is 4.79 Å². The maximum atomic E-state index is 11.8. The molecule has 0 aliphatic heterocycles. The van der Waals surface area contributed by atoms with Crippen molar-refractivity contribution in [2.24, 2.45) is 0 Å². The average molecular weight is 310 g/mol. The Morgan fingerprint density at radius 2 is 1.95 bits per heavy atom. The van der Waals surface area contributed by atoms with Crippen molar-refractivity contribution in [1.82, 2.24) is 9.55 Å². The van der Waals surface area contributed by atoms with Crippen LogP contribution in [0.5, 0.6) is 11.5 Å². The van der Waals surface area contributed by atoms with E-state index in [0.29, 0.717) is 24.7 Å². The van der Waals surface area contributed by atoms with Gasteiger partial charge >= 0.3 is 0 Å². The van der Waals surface area contributed by atoms with Gasteiger partial charge in [-0.05, 0) is 19.1 Å². The Morgan fingerprint density at radius 3 is 2.62 bits per heavy atom. The van der Waals surface area contributed by atoms with E-state index in [1.807, 2.05) is 31.2 Å². The van der Waals surface area contributed by atoms with Gasteiger partial charge in [-0.15, -0.1) is 0 Å². The summed E-state index contributed by atoms with van der Waals surface area (Å²) in [4.78, 5) is 15.7. The highest BCUT2D eigenvalue weighted by atomic mass is 35.5. The van der Waals surface area contributed by atoms with E-state index in [1.165, 1.54) is 10.9 Å². The molecule has 6 nitrogen and oxygen atoms in total. The van der Waals surface area contributed by atoms with Crippen LogP contribution in [0.1, 0.15) is 6.92 Å². The Bertz CT molecular complexity index is 673. The molecule has 2 rings (SSSR count). The molecule has 0 saturated carbocycles. The molecule has 2 aromatic rings. The average Bonchev–Trinajstić information content (AvgIpc) is 2.49. The van der Waals surface area contributed by atoms with Crippen LogP contribution in [0.4, 0.5) is 5.69 Å².